The number of rotatable bonds is 9. The van der Waals surface area contributed by atoms with Crippen molar-refractivity contribution in [3.05, 3.63) is 66.7 Å². The molecule has 0 atom stereocenters. The number of aryl methyl sites for hydroxylation is 1. The maximum atomic E-state index is 12.7. The summed E-state index contributed by atoms with van der Waals surface area (Å²) in [6.07, 6.45) is 5.64. The van der Waals surface area contributed by atoms with E-state index >= 15 is 0 Å². The first-order valence-electron chi connectivity index (χ1n) is 10.2. The summed E-state index contributed by atoms with van der Waals surface area (Å²) in [5.74, 6) is 0.714. The van der Waals surface area contributed by atoms with E-state index in [1.807, 2.05) is 30.3 Å². The minimum atomic E-state index is -3.42. The quantitative estimate of drug-likeness (QED) is 0.449. The van der Waals surface area contributed by atoms with Crippen molar-refractivity contribution in [2.75, 3.05) is 24.2 Å². The summed E-state index contributed by atoms with van der Waals surface area (Å²) >= 11 is 1.63. The fourth-order valence-corrected chi connectivity index (χ4v) is 5.66. The van der Waals surface area contributed by atoms with Gasteiger partial charge in [0, 0.05) is 30.2 Å². The molecule has 160 valence electrons. The standard InChI is InChI=1S/C23H28N2O3S2/c1-2-18-29-22-9-5-4-8-21(22)24-23(26)15-12-19-10-13-20(14-11-19)30(27,28)25-16-6-3-7-17-25/h2,4-5,8-11,13-14H,1,3,6-7,12,15-18H2,(H,24,26). The molecule has 1 N–H and O–H groups in total. The Balaban J connectivity index is 1.56. The topological polar surface area (TPSA) is 66.5 Å². The maximum Gasteiger partial charge on any atom is 0.243 e. The van der Waals surface area contributed by atoms with Crippen molar-refractivity contribution in [2.24, 2.45) is 0 Å². The molecule has 7 heteroatoms. The lowest BCUT2D eigenvalue weighted by atomic mass is 10.1. The zero-order chi connectivity index (χ0) is 21.4. The van der Waals surface area contributed by atoms with Crippen molar-refractivity contribution in [3.63, 3.8) is 0 Å². The molecule has 0 aromatic heterocycles. The first kappa shape index (κ1) is 22.6. The second-order valence-corrected chi connectivity index (χ2v) is 10.3. The van der Waals surface area contributed by atoms with Gasteiger partial charge in [0.2, 0.25) is 15.9 Å². The summed E-state index contributed by atoms with van der Waals surface area (Å²) in [5, 5.41) is 2.97. The van der Waals surface area contributed by atoms with E-state index < -0.39 is 10.0 Å². The van der Waals surface area contributed by atoms with Gasteiger partial charge in [-0.05, 0) is 49.1 Å². The van der Waals surface area contributed by atoms with Crippen molar-refractivity contribution >= 4 is 33.4 Å². The minimum Gasteiger partial charge on any atom is -0.325 e. The van der Waals surface area contributed by atoms with Gasteiger partial charge in [0.05, 0.1) is 10.6 Å². The molecule has 0 radical (unpaired) electrons. The van der Waals surface area contributed by atoms with Crippen LogP contribution in [0.5, 0.6) is 0 Å². The van der Waals surface area contributed by atoms with Crippen LogP contribution in [-0.2, 0) is 21.2 Å². The van der Waals surface area contributed by atoms with E-state index in [0.29, 0.717) is 30.8 Å². The number of amides is 1. The van der Waals surface area contributed by atoms with Gasteiger partial charge in [0.1, 0.15) is 0 Å². The Labute approximate surface area is 183 Å². The molecule has 0 unspecified atom stereocenters. The van der Waals surface area contributed by atoms with E-state index in [1.54, 1.807) is 40.3 Å². The third kappa shape index (κ3) is 5.97. The summed E-state index contributed by atoms with van der Waals surface area (Å²) in [4.78, 5) is 13.7. The fraction of sp³-hybridized carbons (Fsp3) is 0.348. The molecule has 1 heterocycles. The molecule has 1 amide bonds. The van der Waals surface area contributed by atoms with Gasteiger partial charge in [0.25, 0.3) is 0 Å². The number of anilines is 1. The first-order valence-corrected chi connectivity index (χ1v) is 12.6. The Morgan fingerprint density at radius 2 is 1.77 bits per heavy atom. The lowest BCUT2D eigenvalue weighted by Crippen LogP contribution is -2.35. The van der Waals surface area contributed by atoms with E-state index in [0.717, 1.165) is 41.2 Å². The smallest absolute Gasteiger partial charge is 0.243 e. The van der Waals surface area contributed by atoms with E-state index in [9.17, 15) is 13.2 Å². The van der Waals surface area contributed by atoms with Gasteiger partial charge in [-0.15, -0.1) is 18.3 Å². The molecule has 1 saturated heterocycles. The molecule has 1 aliphatic heterocycles. The second-order valence-electron chi connectivity index (χ2n) is 7.25. The van der Waals surface area contributed by atoms with E-state index in [2.05, 4.69) is 11.9 Å². The van der Waals surface area contributed by atoms with Gasteiger partial charge in [0.15, 0.2) is 0 Å². The van der Waals surface area contributed by atoms with Crippen LogP contribution in [0.4, 0.5) is 5.69 Å². The number of hydrogen-bond donors (Lipinski definition) is 1. The van der Waals surface area contributed by atoms with Gasteiger partial charge < -0.3 is 5.32 Å². The molecule has 5 nitrogen and oxygen atoms in total. The number of piperidine rings is 1. The van der Waals surface area contributed by atoms with Gasteiger partial charge in [-0.25, -0.2) is 8.42 Å². The van der Waals surface area contributed by atoms with Gasteiger partial charge >= 0.3 is 0 Å². The Bertz CT molecular complexity index is 966. The molecule has 2 aromatic rings. The predicted molar refractivity (Wildman–Crippen MR) is 123 cm³/mol. The summed E-state index contributed by atoms with van der Waals surface area (Å²) in [6, 6.07) is 14.6. The molecule has 0 aliphatic carbocycles. The van der Waals surface area contributed by atoms with Crippen LogP contribution in [0.3, 0.4) is 0 Å². The number of hydrogen-bond acceptors (Lipinski definition) is 4. The van der Waals surface area contributed by atoms with Crippen LogP contribution < -0.4 is 5.32 Å². The van der Waals surface area contributed by atoms with E-state index in [4.69, 9.17) is 0 Å². The third-order valence-electron chi connectivity index (χ3n) is 5.03. The molecule has 2 aromatic carbocycles. The highest BCUT2D eigenvalue weighted by Gasteiger charge is 2.25. The fourth-order valence-electron chi connectivity index (χ4n) is 3.40. The number of sulfonamides is 1. The average molecular weight is 445 g/mol. The lowest BCUT2D eigenvalue weighted by Gasteiger charge is -2.25. The van der Waals surface area contributed by atoms with Crippen LogP contribution in [-0.4, -0.2) is 37.5 Å². The van der Waals surface area contributed by atoms with Crippen molar-refractivity contribution in [1.82, 2.24) is 4.31 Å². The minimum absolute atomic E-state index is 0.0633. The van der Waals surface area contributed by atoms with Crippen molar-refractivity contribution < 1.29 is 13.2 Å². The molecular weight excluding hydrogens is 416 g/mol. The SMILES string of the molecule is C=CCSc1ccccc1NC(=O)CCc1ccc(S(=O)(=O)N2CCCCC2)cc1. The Morgan fingerprint density at radius 3 is 2.47 bits per heavy atom. The molecule has 0 saturated carbocycles. The van der Waals surface area contributed by atoms with E-state index in [-0.39, 0.29) is 5.91 Å². The van der Waals surface area contributed by atoms with Crippen LogP contribution in [0.1, 0.15) is 31.2 Å². The summed E-state index contributed by atoms with van der Waals surface area (Å²) in [6.45, 7) is 4.92. The van der Waals surface area contributed by atoms with Crippen LogP contribution in [0.2, 0.25) is 0 Å². The zero-order valence-electron chi connectivity index (χ0n) is 17.0. The number of nitrogens with one attached hydrogen (secondary N) is 1. The number of para-hydroxylation sites is 1. The highest BCUT2D eigenvalue weighted by atomic mass is 32.2. The first-order chi connectivity index (χ1) is 14.5. The molecular formula is C23H28N2O3S2. The molecule has 0 bridgehead atoms. The van der Waals surface area contributed by atoms with Crippen molar-refractivity contribution in [2.45, 2.75) is 41.9 Å². The van der Waals surface area contributed by atoms with Crippen molar-refractivity contribution in [1.29, 1.82) is 0 Å². The number of carbonyl (C=O) groups excluding carboxylic acids is 1. The monoisotopic (exact) mass is 444 g/mol. The Hall–Kier alpha value is -2.09. The second kappa shape index (κ2) is 10.8. The number of carbonyl (C=O) groups is 1. The lowest BCUT2D eigenvalue weighted by molar-refractivity contribution is -0.116. The van der Waals surface area contributed by atoms with Crippen LogP contribution in [0.25, 0.3) is 0 Å². The highest BCUT2D eigenvalue weighted by Crippen LogP contribution is 2.27. The van der Waals surface area contributed by atoms with E-state index in [1.165, 1.54) is 0 Å². The molecule has 30 heavy (non-hydrogen) atoms. The van der Waals surface area contributed by atoms with Crippen molar-refractivity contribution in [3.8, 4) is 0 Å². The molecule has 0 spiro atoms. The third-order valence-corrected chi connectivity index (χ3v) is 8.02. The largest absolute Gasteiger partial charge is 0.325 e. The Morgan fingerprint density at radius 1 is 1.07 bits per heavy atom. The molecule has 1 aliphatic rings. The number of thioether (sulfide) groups is 1. The zero-order valence-corrected chi connectivity index (χ0v) is 18.7. The van der Waals surface area contributed by atoms with Gasteiger partial charge in [-0.1, -0.05) is 36.8 Å². The summed E-state index contributed by atoms with van der Waals surface area (Å²) in [5.41, 5.74) is 1.74. The number of nitrogens with zero attached hydrogens (tertiary/aromatic N) is 1. The summed E-state index contributed by atoms with van der Waals surface area (Å²) in [7, 11) is -3.42. The Kier molecular flexibility index (Phi) is 8.13. The molecule has 1 fully saturated rings. The number of benzene rings is 2. The molecule has 3 rings (SSSR count). The predicted octanol–water partition coefficient (Wildman–Crippen LogP) is 4.71. The van der Waals surface area contributed by atoms with Gasteiger partial charge in [-0.3, -0.25) is 4.79 Å². The summed E-state index contributed by atoms with van der Waals surface area (Å²) < 4.78 is 27.0. The van der Waals surface area contributed by atoms with Crippen LogP contribution in [0, 0.1) is 0 Å². The van der Waals surface area contributed by atoms with Crippen LogP contribution in [0.15, 0.2) is 71.0 Å². The maximum absolute atomic E-state index is 12.7. The van der Waals surface area contributed by atoms with Gasteiger partial charge in [-0.2, -0.15) is 4.31 Å². The normalized spacial score (nSPS) is 14.9. The van der Waals surface area contributed by atoms with Crippen LogP contribution >= 0.6 is 11.8 Å². The average Bonchev–Trinajstić information content (AvgIpc) is 2.78. The highest BCUT2D eigenvalue weighted by molar-refractivity contribution is 7.99.